The second-order valence-corrected chi connectivity index (χ2v) is 5.51. The number of carbonyl (C=O) groups excluding carboxylic acids is 1. The van der Waals surface area contributed by atoms with E-state index in [0.29, 0.717) is 10.6 Å². The first-order chi connectivity index (χ1) is 9.70. The number of aliphatic hydroxyl groups excluding tert-OH is 1. The van der Waals surface area contributed by atoms with E-state index in [1.807, 2.05) is 4.90 Å². The number of halogens is 1. The predicted octanol–water partition coefficient (Wildman–Crippen LogP) is 1.87. The molecule has 1 fully saturated rings. The summed E-state index contributed by atoms with van der Waals surface area (Å²) in [7, 11) is 0. The molecule has 1 amide bonds. The third-order valence-corrected chi connectivity index (χ3v) is 3.89. The Labute approximate surface area is 124 Å². The zero-order valence-corrected chi connectivity index (χ0v) is 12.4. The van der Waals surface area contributed by atoms with Gasteiger partial charge in [-0.3, -0.25) is 9.69 Å². The van der Waals surface area contributed by atoms with Crippen LogP contribution in [0.3, 0.4) is 0 Å². The van der Waals surface area contributed by atoms with Gasteiger partial charge in [-0.05, 0) is 43.7 Å². The van der Waals surface area contributed by atoms with Gasteiger partial charge in [0.1, 0.15) is 0 Å². The molecule has 110 valence electrons. The maximum absolute atomic E-state index is 12.3. The average molecular weight is 297 g/mol. The highest BCUT2D eigenvalue weighted by molar-refractivity contribution is 6.30. The van der Waals surface area contributed by atoms with Crippen LogP contribution in [-0.4, -0.2) is 60.1 Å². The van der Waals surface area contributed by atoms with E-state index in [0.717, 1.165) is 45.6 Å². The predicted molar refractivity (Wildman–Crippen MR) is 80.1 cm³/mol. The summed E-state index contributed by atoms with van der Waals surface area (Å²) in [6.07, 6.45) is 1.87. The van der Waals surface area contributed by atoms with Gasteiger partial charge in [-0.15, -0.1) is 0 Å². The van der Waals surface area contributed by atoms with E-state index in [1.165, 1.54) is 0 Å². The molecule has 1 aromatic carbocycles. The summed E-state index contributed by atoms with van der Waals surface area (Å²) >= 11 is 5.83. The van der Waals surface area contributed by atoms with Crippen molar-refractivity contribution in [2.45, 2.75) is 12.8 Å². The van der Waals surface area contributed by atoms with Crippen molar-refractivity contribution in [3.8, 4) is 0 Å². The Hall–Kier alpha value is -1.10. The fraction of sp³-hybridized carbons (Fsp3) is 0.533. The Morgan fingerprint density at radius 3 is 2.35 bits per heavy atom. The molecule has 20 heavy (non-hydrogen) atoms. The topological polar surface area (TPSA) is 43.8 Å². The van der Waals surface area contributed by atoms with Crippen LogP contribution in [0.5, 0.6) is 0 Å². The Balaban J connectivity index is 1.81. The third-order valence-electron chi connectivity index (χ3n) is 3.63. The lowest BCUT2D eigenvalue weighted by Crippen LogP contribution is -2.48. The summed E-state index contributed by atoms with van der Waals surface area (Å²) < 4.78 is 0. The lowest BCUT2D eigenvalue weighted by atomic mass is 10.2. The minimum Gasteiger partial charge on any atom is -0.396 e. The Morgan fingerprint density at radius 2 is 1.75 bits per heavy atom. The lowest BCUT2D eigenvalue weighted by Gasteiger charge is -2.34. The molecule has 1 aliphatic rings. The first kappa shape index (κ1) is 15.3. The fourth-order valence-electron chi connectivity index (χ4n) is 2.40. The van der Waals surface area contributed by atoms with E-state index < -0.39 is 0 Å². The molecule has 0 saturated carbocycles. The van der Waals surface area contributed by atoms with Gasteiger partial charge in [0.25, 0.3) is 5.91 Å². The second kappa shape index (κ2) is 7.62. The average Bonchev–Trinajstić information content (AvgIpc) is 2.48. The van der Waals surface area contributed by atoms with E-state index in [4.69, 9.17) is 16.7 Å². The van der Waals surface area contributed by atoms with Gasteiger partial charge < -0.3 is 10.0 Å². The number of hydrogen-bond donors (Lipinski definition) is 1. The van der Waals surface area contributed by atoms with Crippen LogP contribution in [0.4, 0.5) is 0 Å². The molecule has 0 spiro atoms. The zero-order valence-electron chi connectivity index (χ0n) is 11.6. The van der Waals surface area contributed by atoms with Crippen LogP contribution in [0, 0.1) is 0 Å². The summed E-state index contributed by atoms with van der Waals surface area (Å²) in [6.45, 7) is 4.61. The molecule has 5 heteroatoms. The largest absolute Gasteiger partial charge is 0.396 e. The van der Waals surface area contributed by atoms with Gasteiger partial charge >= 0.3 is 0 Å². The molecule has 1 aliphatic heterocycles. The molecule has 1 heterocycles. The van der Waals surface area contributed by atoms with Gasteiger partial charge in [0.15, 0.2) is 0 Å². The van der Waals surface area contributed by atoms with Crippen molar-refractivity contribution in [1.29, 1.82) is 0 Å². The summed E-state index contributed by atoms with van der Waals surface area (Å²) in [5.74, 6) is 0.0803. The molecule has 2 rings (SSSR count). The highest BCUT2D eigenvalue weighted by Crippen LogP contribution is 2.13. The Bertz CT molecular complexity index is 428. The van der Waals surface area contributed by atoms with E-state index in [1.54, 1.807) is 24.3 Å². The molecule has 1 aromatic rings. The van der Waals surface area contributed by atoms with Crippen LogP contribution in [0.25, 0.3) is 0 Å². The minimum atomic E-state index is 0.0803. The number of benzene rings is 1. The first-order valence-electron chi connectivity index (χ1n) is 7.09. The van der Waals surface area contributed by atoms with Crippen molar-refractivity contribution < 1.29 is 9.90 Å². The van der Waals surface area contributed by atoms with Gasteiger partial charge in [-0.25, -0.2) is 0 Å². The molecule has 0 radical (unpaired) electrons. The van der Waals surface area contributed by atoms with Crippen molar-refractivity contribution in [2.75, 3.05) is 39.3 Å². The molecule has 0 aliphatic carbocycles. The number of unbranched alkanes of at least 4 members (excludes halogenated alkanes) is 1. The van der Waals surface area contributed by atoms with E-state index in [2.05, 4.69) is 4.90 Å². The Morgan fingerprint density at radius 1 is 1.10 bits per heavy atom. The van der Waals surface area contributed by atoms with Crippen LogP contribution in [0.2, 0.25) is 5.02 Å². The van der Waals surface area contributed by atoms with Crippen LogP contribution in [0.1, 0.15) is 23.2 Å². The van der Waals surface area contributed by atoms with Gasteiger partial charge in [0.05, 0.1) is 0 Å². The van der Waals surface area contributed by atoms with Crippen LogP contribution < -0.4 is 0 Å². The van der Waals surface area contributed by atoms with Gasteiger partial charge in [0.2, 0.25) is 0 Å². The van der Waals surface area contributed by atoms with Gasteiger partial charge in [0, 0.05) is 43.4 Å². The number of amides is 1. The number of carbonyl (C=O) groups is 1. The quantitative estimate of drug-likeness (QED) is 0.844. The molecule has 1 N–H and O–H groups in total. The molecule has 4 nitrogen and oxygen atoms in total. The number of piperazine rings is 1. The van der Waals surface area contributed by atoms with Crippen LogP contribution in [0.15, 0.2) is 24.3 Å². The maximum atomic E-state index is 12.3. The smallest absolute Gasteiger partial charge is 0.253 e. The molecule has 1 saturated heterocycles. The molecule has 0 aromatic heterocycles. The van der Waals surface area contributed by atoms with Crippen molar-refractivity contribution in [1.82, 2.24) is 9.80 Å². The monoisotopic (exact) mass is 296 g/mol. The lowest BCUT2D eigenvalue weighted by molar-refractivity contribution is 0.0634. The standard InChI is InChI=1S/C15H21ClN2O2/c16-14-5-3-13(4-6-14)15(20)18-10-8-17(9-11-18)7-1-2-12-19/h3-6,19H,1-2,7-12H2. The highest BCUT2D eigenvalue weighted by Gasteiger charge is 2.21. The van der Waals surface area contributed by atoms with Crippen molar-refractivity contribution >= 4 is 17.5 Å². The number of hydrogen-bond acceptors (Lipinski definition) is 3. The van der Waals surface area contributed by atoms with E-state index in [-0.39, 0.29) is 12.5 Å². The van der Waals surface area contributed by atoms with Crippen LogP contribution in [-0.2, 0) is 0 Å². The van der Waals surface area contributed by atoms with Gasteiger partial charge in [-0.2, -0.15) is 0 Å². The molecular formula is C15H21ClN2O2. The number of nitrogens with zero attached hydrogens (tertiary/aromatic N) is 2. The highest BCUT2D eigenvalue weighted by atomic mass is 35.5. The van der Waals surface area contributed by atoms with Crippen molar-refractivity contribution in [2.24, 2.45) is 0 Å². The fourth-order valence-corrected chi connectivity index (χ4v) is 2.52. The molecular weight excluding hydrogens is 276 g/mol. The third kappa shape index (κ3) is 4.20. The first-order valence-corrected chi connectivity index (χ1v) is 7.46. The SMILES string of the molecule is O=C(c1ccc(Cl)cc1)N1CCN(CCCCO)CC1. The normalized spacial score (nSPS) is 16.4. The number of aliphatic hydroxyl groups is 1. The summed E-state index contributed by atoms with van der Waals surface area (Å²) in [4.78, 5) is 16.6. The summed E-state index contributed by atoms with van der Waals surface area (Å²) in [6, 6.07) is 7.05. The van der Waals surface area contributed by atoms with E-state index in [9.17, 15) is 4.79 Å². The number of rotatable bonds is 5. The van der Waals surface area contributed by atoms with Crippen molar-refractivity contribution in [3.05, 3.63) is 34.9 Å². The maximum Gasteiger partial charge on any atom is 0.253 e. The second-order valence-electron chi connectivity index (χ2n) is 5.07. The molecule has 0 unspecified atom stereocenters. The Kier molecular flexibility index (Phi) is 5.83. The van der Waals surface area contributed by atoms with Crippen molar-refractivity contribution in [3.63, 3.8) is 0 Å². The molecule has 0 bridgehead atoms. The van der Waals surface area contributed by atoms with Crippen LogP contribution >= 0.6 is 11.6 Å². The summed E-state index contributed by atoms with van der Waals surface area (Å²) in [5.41, 5.74) is 0.697. The van der Waals surface area contributed by atoms with Gasteiger partial charge in [-0.1, -0.05) is 11.6 Å². The summed E-state index contributed by atoms with van der Waals surface area (Å²) in [5, 5.41) is 9.42. The zero-order chi connectivity index (χ0) is 14.4. The molecule has 0 atom stereocenters. The minimum absolute atomic E-state index is 0.0803. The van der Waals surface area contributed by atoms with E-state index >= 15 is 0 Å².